The fraction of sp³-hybridized carbons (Fsp3) is 0.333. The van der Waals surface area contributed by atoms with Crippen LogP contribution >= 0.6 is 28.3 Å². The van der Waals surface area contributed by atoms with Gasteiger partial charge >= 0.3 is 0 Å². The average Bonchev–Trinajstić information content (AvgIpc) is 2.25. The van der Waals surface area contributed by atoms with Crippen LogP contribution in [0.3, 0.4) is 0 Å². The second kappa shape index (κ2) is 7.17. The second-order valence-electron chi connectivity index (χ2n) is 3.01. The highest BCUT2D eigenvalue weighted by Gasteiger charge is 2.14. The standard InChI is InChI=1S/C9H13BrN2O3S.ClH/c1-15-8-4-7(10)5-9(6-8)16(13,14)12-3-2-11;/h4-6,12H,2-3,11H2,1H3;1H. The Hall–Kier alpha value is -0.340. The van der Waals surface area contributed by atoms with Gasteiger partial charge in [0.1, 0.15) is 5.75 Å². The Balaban J connectivity index is 0.00000256. The highest BCUT2D eigenvalue weighted by Crippen LogP contribution is 2.23. The van der Waals surface area contributed by atoms with Gasteiger partial charge in [-0.25, -0.2) is 13.1 Å². The van der Waals surface area contributed by atoms with Crippen LogP contribution < -0.4 is 15.2 Å². The maximum atomic E-state index is 11.8. The van der Waals surface area contributed by atoms with Crippen molar-refractivity contribution in [2.24, 2.45) is 5.73 Å². The maximum absolute atomic E-state index is 11.8. The Morgan fingerprint density at radius 1 is 1.41 bits per heavy atom. The number of halogens is 2. The molecule has 0 aliphatic carbocycles. The van der Waals surface area contributed by atoms with E-state index in [0.29, 0.717) is 10.2 Å². The Labute approximate surface area is 115 Å². The molecule has 0 amide bonds. The first-order valence-electron chi connectivity index (χ1n) is 4.54. The van der Waals surface area contributed by atoms with Crippen molar-refractivity contribution in [2.45, 2.75) is 4.90 Å². The summed E-state index contributed by atoms with van der Waals surface area (Å²) in [7, 11) is -2.04. The summed E-state index contributed by atoms with van der Waals surface area (Å²) in [6, 6.07) is 4.63. The predicted octanol–water partition coefficient (Wildman–Crippen LogP) is 1.12. The molecule has 0 aliphatic rings. The van der Waals surface area contributed by atoms with Crippen LogP contribution in [0, 0.1) is 0 Å². The SMILES string of the molecule is COc1cc(Br)cc(S(=O)(=O)NCCN)c1.Cl. The number of nitrogens with two attached hydrogens (primary N) is 1. The first-order valence-corrected chi connectivity index (χ1v) is 6.81. The minimum atomic E-state index is -3.52. The number of ether oxygens (including phenoxy) is 1. The summed E-state index contributed by atoms with van der Waals surface area (Å²) in [5.41, 5.74) is 5.24. The molecule has 98 valence electrons. The lowest BCUT2D eigenvalue weighted by Gasteiger charge is -2.08. The molecule has 0 bridgehead atoms. The molecule has 8 heteroatoms. The van der Waals surface area contributed by atoms with Crippen molar-refractivity contribution in [1.82, 2.24) is 4.72 Å². The summed E-state index contributed by atoms with van der Waals surface area (Å²) in [6.45, 7) is 0.460. The molecule has 1 aromatic rings. The zero-order valence-corrected chi connectivity index (χ0v) is 12.4. The van der Waals surface area contributed by atoms with Crippen molar-refractivity contribution in [3.63, 3.8) is 0 Å². The van der Waals surface area contributed by atoms with Crippen LogP contribution in [0.4, 0.5) is 0 Å². The summed E-state index contributed by atoms with van der Waals surface area (Å²) >= 11 is 3.22. The smallest absolute Gasteiger partial charge is 0.240 e. The zero-order valence-electron chi connectivity index (χ0n) is 9.14. The molecule has 1 rings (SSSR count). The molecule has 0 radical (unpaired) electrons. The van der Waals surface area contributed by atoms with Crippen LogP contribution in [0.1, 0.15) is 0 Å². The Morgan fingerprint density at radius 2 is 2.06 bits per heavy atom. The molecule has 0 saturated heterocycles. The minimum Gasteiger partial charge on any atom is -0.497 e. The fourth-order valence-corrected chi connectivity index (χ4v) is 2.82. The molecule has 0 saturated carbocycles. The normalized spacial score (nSPS) is 10.8. The van der Waals surface area contributed by atoms with E-state index in [0.717, 1.165) is 0 Å². The van der Waals surface area contributed by atoms with Gasteiger partial charge in [0.05, 0.1) is 12.0 Å². The Kier molecular flexibility index (Phi) is 7.03. The topological polar surface area (TPSA) is 81.4 Å². The van der Waals surface area contributed by atoms with Crippen LogP contribution in [0.15, 0.2) is 27.6 Å². The lowest BCUT2D eigenvalue weighted by atomic mass is 10.3. The molecule has 0 aliphatic heterocycles. The van der Waals surface area contributed by atoms with Crippen LogP contribution in [0.2, 0.25) is 0 Å². The van der Waals surface area contributed by atoms with Crippen molar-refractivity contribution in [3.05, 3.63) is 22.7 Å². The van der Waals surface area contributed by atoms with Gasteiger partial charge in [0.25, 0.3) is 0 Å². The molecule has 1 aromatic carbocycles. The van der Waals surface area contributed by atoms with E-state index in [2.05, 4.69) is 20.7 Å². The molecule has 17 heavy (non-hydrogen) atoms. The lowest BCUT2D eigenvalue weighted by molar-refractivity contribution is 0.413. The van der Waals surface area contributed by atoms with Gasteiger partial charge < -0.3 is 10.5 Å². The van der Waals surface area contributed by atoms with Gasteiger partial charge in [-0.15, -0.1) is 12.4 Å². The number of methoxy groups -OCH3 is 1. The van der Waals surface area contributed by atoms with E-state index in [1.165, 1.54) is 19.2 Å². The summed E-state index contributed by atoms with van der Waals surface area (Å²) in [5, 5.41) is 0. The summed E-state index contributed by atoms with van der Waals surface area (Å²) in [5.74, 6) is 0.475. The van der Waals surface area contributed by atoms with E-state index in [1.807, 2.05) is 0 Å². The molecule has 0 fully saturated rings. The van der Waals surface area contributed by atoms with E-state index >= 15 is 0 Å². The minimum absolute atomic E-state index is 0. The maximum Gasteiger partial charge on any atom is 0.240 e. The van der Waals surface area contributed by atoms with Crippen LogP contribution in [0.5, 0.6) is 5.75 Å². The summed E-state index contributed by atoms with van der Waals surface area (Å²) in [4.78, 5) is 0.146. The predicted molar refractivity (Wildman–Crippen MR) is 72.2 cm³/mol. The van der Waals surface area contributed by atoms with E-state index in [-0.39, 0.29) is 30.4 Å². The average molecular weight is 346 g/mol. The summed E-state index contributed by atoms with van der Waals surface area (Å²) < 4.78 is 31.5. The Bertz CT molecular complexity index is 467. The third kappa shape index (κ3) is 4.81. The molecule has 0 aromatic heterocycles. The van der Waals surface area contributed by atoms with Gasteiger partial charge in [0, 0.05) is 23.6 Å². The second-order valence-corrected chi connectivity index (χ2v) is 5.70. The zero-order chi connectivity index (χ0) is 12.2. The molecule has 0 unspecified atom stereocenters. The van der Waals surface area contributed by atoms with Gasteiger partial charge in [-0.1, -0.05) is 15.9 Å². The van der Waals surface area contributed by atoms with Crippen molar-refractivity contribution < 1.29 is 13.2 Å². The van der Waals surface area contributed by atoms with E-state index in [9.17, 15) is 8.42 Å². The largest absolute Gasteiger partial charge is 0.497 e. The van der Waals surface area contributed by atoms with Gasteiger partial charge in [0.15, 0.2) is 0 Å². The molecular formula is C9H14BrClN2O3S. The molecule has 5 nitrogen and oxygen atoms in total. The first-order chi connectivity index (χ1) is 7.49. The van der Waals surface area contributed by atoms with Crippen molar-refractivity contribution in [2.75, 3.05) is 20.2 Å². The van der Waals surface area contributed by atoms with E-state index < -0.39 is 10.0 Å². The van der Waals surface area contributed by atoms with Gasteiger partial charge in [-0.3, -0.25) is 0 Å². The van der Waals surface area contributed by atoms with E-state index in [1.54, 1.807) is 6.07 Å². The number of rotatable bonds is 5. The molecule has 0 spiro atoms. The number of benzene rings is 1. The van der Waals surface area contributed by atoms with Gasteiger partial charge in [-0.05, 0) is 12.1 Å². The number of nitrogens with one attached hydrogen (secondary N) is 1. The summed E-state index contributed by atoms with van der Waals surface area (Å²) in [6.07, 6.45) is 0. The monoisotopic (exact) mass is 344 g/mol. The number of hydrogen-bond donors (Lipinski definition) is 2. The van der Waals surface area contributed by atoms with Gasteiger partial charge in [0.2, 0.25) is 10.0 Å². The highest BCUT2D eigenvalue weighted by atomic mass is 79.9. The number of hydrogen-bond acceptors (Lipinski definition) is 4. The van der Waals surface area contributed by atoms with Crippen LogP contribution in [0.25, 0.3) is 0 Å². The molecule has 0 heterocycles. The van der Waals surface area contributed by atoms with Crippen molar-refractivity contribution >= 4 is 38.4 Å². The quantitative estimate of drug-likeness (QED) is 0.838. The van der Waals surface area contributed by atoms with Gasteiger partial charge in [-0.2, -0.15) is 0 Å². The van der Waals surface area contributed by atoms with E-state index in [4.69, 9.17) is 10.5 Å². The third-order valence-electron chi connectivity index (χ3n) is 1.83. The highest BCUT2D eigenvalue weighted by molar-refractivity contribution is 9.10. The third-order valence-corrected chi connectivity index (χ3v) is 3.73. The lowest BCUT2D eigenvalue weighted by Crippen LogP contribution is -2.29. The van der Waals surface area contributed by atoms with Crippen molar-refractivity contribution in [1.29, 1.82) is 0 Å². The van der Waals surface area contributed by atoms with Crippen molar-refractivity contribution in [3.8, 4) is 5.75 Å². The molecular weight excluding hydrogens is 332 g/mol. The Morgan fingerprint density at radius 3 is 2.59 bits per heavy atom. The van der Waals surface area contributed by atoms with Crippen LogP contribution in [-0.2, 0) is 10.0 Å². The number of sulfonamides is 1. The first kappa shape index (κ1) is 16.7. The molecule has 0 atom stereocenters. The van der Waals surface area contributed by atoms with Crippen LogP contribution in [-0.4, -0.2) is 28.6 Å². The molecule has 3 N–H and O–H groups in total. The fourth-order valence-electron chi connectivity index (χ4n) is 1.09.